The number of benzene rings is 2. The third-order valence-corrected chi connectivity index (χ3v) is 6.35. The lowest BCUT2D eigenvalue weighted by Gasteiger charge is -2.17. The van der Waals surface area contributed by atoms with E-state index < -0.39 is 11.4 Å². The largest absolute Gasteiger partial charge is 0.432 e. The minimum atomic E-state index is -0.757. The summed E-state index contributed by atoms with van der Waals surface area (Å²) < 4.78 is 6.02. The Morgan fingerprint density at radius 2 is 1.56 bits per heavy atom. The number of hydrogen-bond donors (Lipinski definition) is 1. The van der Waals surface area contributed by atoms with Gasteiger partial charge in [0.05, 0.1) is 16.1 Å². The monoisotopic (exact) mass is 543 g/mol. The highest BCUT2D eigenvalue weighted by molar-refractivity contribution is 6.36. The van der Waals surface area contributed by atoms with Crippen LogP contribution in [-0.4, -0.2) is 35.8 Å². The van der Waals surface area contributed by atoms with Gasteiger partial charge in [-0.3, -0.25) is 4.79 Å². The highest BCUT2D eigenvalue weighted by atomic mass is 35.5. The normalized spacial score (nSPS) is 11.6. The van der Waals surface area contributed by atoms with E-state index in [2.05, 4.69) is 5.32 Å². The van der Waals surface area contributed by atoms with Crippen LogP contribution >= 0.6 is 34.8 Å². The number of carbonyl (C=O) groups excluding carboxylic acids is 2. The summed E-state index contributed by atoms with van der Waals surface area (Å²) in [5, 5.41) is 4.78. The zero-order valence-electron chi connectivity index (χ0n) is 20.4. The van der Waals surface area contributed by atoms with E-state index in [9.17, 15) is 9.59 Å². The van der Waals surface area contributed by atoms with Gasteiger partial charge in [-0.2, -0.15) is 0 Å². The molecule has 0 atom stereocenters. The van der Waals surface area contributed by atoms with E-state index in [0.717, 1.165) is 5.56 Å². The smallest absolute Gasteiger partial charge is 0.321 e. The molecule has 0 radical (unpaired) electrons. The van der Waals surface area contributed by atoms with Crippen molar-refractivity contribution in [2.75, 3.05) is 19.4 Å². The molecule has 0 bridgehead atoms. The molecule has 4 aromatic rings. The van der Waals surface area contributed by atoms with Crippen LogP contribution in [0.25, 0.3) is 33.5 Å². The number of Topliss-reactive ketones (excluding diaryl/α,β-unsaturated/α-hetero) is 1. The van der Waals surface area contributed by atoms with Crippen molar-refractivity contribution >= 4 is 63.4 Å². The number of anilines is 1. The van der Waals surface area contributed by atoms with Crippen molar-refractivity contribution in [2.45, 2.75) is 20.8 Å². The molecule has 4 rings (SSSR count). The summed E-state index contributed by atoms with van der Waals surface area (Å²) >= 11 is 18.8. The minimum absolute atomic E-state index is 0.0293. The number of pyridine rings is 1. The summed E-state index contributed by atoms with van der Waals surface area (Å²) in [5.41, 5.74) is 2.37. The molecule has 0 aliphatic carbocycles. The number of urea groups is 1. The van der Waals surface area contributed by atoms with Gasteiger partial charge in [0.15, 0.2) is 5.76 Å². The summed E-state index contributed by atoms with van der Waals surface area (Å²) in [4.78, 5) is 32.1. The lowest BCUT2D eigenvalue weighted by molar-refractivity contribution is 0.0831. The third-order valence-electron chi connectivity index (χ3n) is 5.55. The van der Waals surface area contributed by atoms with Crippen LogP contribution in [0.1, 0.15) is 31.3 Å². The Morgan fingerprint density at radius 1 is 0.917 bits per heavy atom. The van der Waals surface area contributed by atoms with Crippen LogP contribution in [-0.2, 0) is 0 Å². The van der Waals surface area contributed by atoms with E-state index in [1.165, 1.54) is 4.90 Å². The first-order valence-corrected chi connectivity index (χ1v) is 12.2. The highest BCUT2D eigenvalue weighted by Crippen LogP contribution is 2.42. The Hall–Kier alpha value is -3.06. The lowest BCUT2D eigenvalue weighted by Crippen LogP contribution is -2.28. The lowest BCUT2D eigenvalue weighted by atomic mass is 9.89. The molecule has 0 unspecified atom stereocenters. The fourth-order valence-electron chi connectivity index (χ4n) is 3.60. The van der Waals surface area contributed by atoms with Crippen LogP contribution in [0.3, 0.4) is 0 Å². The van der Waals surface area contributed by atoms with Gasteiger partial charge in [0.25, 0.3) is 0 Å². The van der Waals surface area contributed by atoms with Crippen molar-refractivity contribution in [3.8, 4) is 22.4 Å². The van der Waals surface area contributed by atoms with Gasteiger partial charge in [-0.25, -0.2) is 9.78 Å². The number of ketones is 1. The number of aromatic nitrogens is 1. The first-order chi connectivity index (χ1) is 16.9. The number of fused-ring (bicyclic) bond motifs is 1. The standard InChI is InChI=1S/C27H24Cl3N3O3/c1-27(2,3)24(34)23-22(32-26(35)33(4)5)19-13-18(14-6-8-15(28)9-7-14)21(31-25(19)36-23)17-11-10-16(29)12-20(17)30/h6-13H,1-5H3,(H,32,35). The van der Waals surface area contributed by atoms with Gasteiger partial charge in [-0.05, 0) is 42.0 Å². The summed E-state index contributed by atoms with van der Waals surface area (Å²) in [6.07, 6.45) is 0. The Morgan fingerprint density at radius 3 is 2.14 bits per heavy atom. The second kappa shape index (κ2) is 9.77. The van der Waals surface area contributed by atoms with Gasteiger partial charge < -0.3 is 14.6 Å². The Balaban J connectivity index is 2.07. The van der Waals surface area contributed by atoms with E-state index >= 15 is 0 Å². The number of rotatable bonds is 4. The first-order valence-electron chi connectivity index (χ1n) is 11.1. The zero-order valence-corrected chi connectivity index (χ0v) is 22.6. The van der Waals surface area contributed by atoms with Crippen molar-refractivity contribution < 1.29 is 14.0 Å². The second-order valence-corrected chi connectivity index (χ2v) is 10.9. The van der Waals surface area contributed by atoms with Gasteiger partial charge in [-0.1, -0.05) is 67.7 Å². The van der Waals surface area contributed by atoms with Crippen LogP contribution in [0.5, 0.6) is 0 Å². The van der Waals surface area contributed by atoms with Crippen molar-refractivity contribution in [3.63, 3.8) is 0 Å². The van der Waals surface area contributed by atoms with Gasteiger partial charge in [0.2, 0.25) is 11.5 Å². The molecule has 9 heteroatoms. The predicted molar refractivity (Wildman–Crippen MR) is 146 cm³/mol. The minimum Gasteiger partial charge on any atom is -0.432 e. The molecule has 0 saturated heterocycles. The van der Waals surface area contributed by atoms with Crippen LogP contribution in [0.4, 0.5) is 10.5 Å². The third kappa shape index (κ3) is 5.07. The molecular formula is C27H24Cl3N3O3. The average Bonchev–Trinajstić information content (AvgIpc) is 3.14. The number of nitrogens with zero attached hydrogens (tertiary/aromatic N) is 2. The average molecular weight is 545 g/mol. The van der Waals surface area contributed by atoms with E-state index in [1.54, 1.807) is 65.2 Å². The van der Waals surface area contributed by atoms with Gasteiger partial charge in [0, 0.05) is 40.7 Å². The molecule has 186 valence electrons. The maximum atomic E-state index is 13.3. The molecule has 0 saturated carbocycles. The Labute approximate surface area is 224 Å². The van der Waals surface area contributed by atoms with E-state index in [1.807, 2.05) is 18.2 Å². The molecule has 2 aromatic carbocycles. The fourth-order valence-corrected chi connectivity index (χ4v) is 4.23. The number of amides is 2. The molecule has 2 aromatic heterocycles. The van der Waals surface area contributed by atoms with Crippen molar-refractivity contribution in [1.29, 1.82) is 0 Å². The Kier molecular flexibility index (Phi) is 7.06. The maximum Gasteiger partial charge on any atom is 0.321 e. The summed E-state index contributed by atoms with van der Waals surface area (Å²) in [6.45, 7) is 5.35. The number of carbonyl (C=O) groups is 2. The molecule has 1 N–H and O–H groups in total. The molecule has 2 amide bonds. The van der Waals surface area contributed by atoms with Crippen molar-refractivity contribution in [3.05, 3.63) is 69.4 Å². The molecular weight excluding hydrogens is 521 g/mol. The first kappa shape index (κ1) is 26.0. The van der Waals surface area contributed by atoms with Crippen LogP contribution in [0.15, 0.2) is 52.9 Å². The molecule has 0 spiro atoms. The molecule has 6 nitrogen and oxygen atoms in total. The number of hydrogen-bond acceptors (Lipinski definition) is 4. The molecule has 36 heavy (non-hydrogen) atoms. The van der Waals surface area contributed by atoms with Crippen molar-refractivity contribution in [1.82, 2.24) is 9.88 Å². The molecule has 2 heterocycles. The van der Waals surface area contributed by atoms with Crippen LogP contribution in [0, 0.1) is 5.41 Å². The number of furan rings is 1. The van der Waals surface area contributed by atoms with E-state index in [0.29, 0.717) is 37.3 Å². The number of halogens is 3. The Bertz CT molecular complexity index is 1490. The summed E-state index contributed by atoms with van der Waals surface area (Å²) in [5.74, 6) is -0.240. The second-order valence-electron chi connectivity index (χ2n) is 9.58. The molecule has 0 aliphatic rings. The zero-order chi connectivity index (χ0) is 26.4. The molecule has 0 aliphatic heterocycles. The summed E-state index contributed by atoms with van der Waals surface area (Å²) in [7, 11) is 3.22. The maximum absolute atomic E-state index is 13.3. The van der Waals surface area contributed by atoms with Crippen LogP contribution in [0.2, 0.25) is 15.1 Å². The topological polar surface area (TPSA) is 75.4 Å². The molecule has 0 fully saturated rings. The SMILES string of the molecule is CN(C)C(=O)Nc1c(C(=O)C(C)(C)C)oc2nc(-c3ccc(Cl)cc3Cl)c(-c3ccc(Cl)cc3)cc12. The highest BCUT2D eigenvalue weighted by Gasteiger charge is 2.32. The van der Waals surface area contributed by atoms with Crippen LogP contribution < -0.4 is 5.32 Å². The fraction of sp³-hybridized carbons (Fsp3) is 0.222. The predicted octanol–water partition coefficient (Wildman–Crippen LogP) is 8.44. The van der Waals surface area contributed by atoms with E-state index in [-0.39, 0.29) is 22.9 Å². The number of nitrogens with one attached hydrogen (secondary N) is 1. The van der Waals surface area contributed by atoms with Gasteiger partial charge >= 0.3 is 6.03 Å². The van der Waals surface area contributed by atoms with E-state index in [4.69, 9.17) is 44.2 Å². The quantitative estimate of drug-likeness (QED) is 0.262. The summed E-state index contributed by atoms with van der Waals surface area (Å²) in [6, 6.07) is 13.8. The van der Waals surface area contributed by atoms with Gasteiger partial charge in [0.1, 0.15) is 5.69 Å². The van der Waals surface area contributed by atoms with Gasteiger partial charge in [-0.15, -0.1) is 0 Å². The van der Waals surface area contributed by atoms with Crippen molar-refractivity contribution in [2.24, 2.45) is 5.41 Å².